The normalized spacial score (nSPS) is 11.3. The summed E-state index contributed by atoms with van der Waals surface area (Å²) in [5.41, 5.74) is 0.940. The van der Waals surface area contributed by atoms with E-state index in [1.54, 1.807) is 12.1 Å². The Morgan fingerprint density at radius 1 is 1.29 bits per heavy atom. The average Bonchev–Trinajstić information content (AvgIpc) is 2.82. The van der Waals surface area contributed by atoms with E-state index >= 15 is 0 Å². The van der Waals surface area contributed by atoms with Crippen LogP contribution in [0.3, 0.4) is 0 Å². The largest absolute Gasteiger partial charge is 0.475 e. The summed E-state index contributed by atoms with van der Waals surface area (Å²) < 4.78 is 31.6. The number of nitrogens with one attached hydrogen (secondary N) is 1. The first-order valence-electron chi connectivity index (χ1n) is 5.90. The SMILES string of the molecule is Cc1oc(C(=O)O)cc1S(=O)(=O)Nc1ccc(CO)cc1. The van der Waals surface area contributed by atoms with Gasteiger partial charge in [0, 0.05) is 11.8 Å². The molecule has 21 heavy (non-hydrogen) atoms. The summed E-state index contributed by atoms with van der Waals surface area (Å²) in [6.45, 7) is 1.23. The first-order chi connectivity index (χ1) is 9.83. The topological polar surface area (TPSA) is 117 Å². The van der Waals surface area contributed by atoms with Crippen LogP contribution in [0.15, 0.2) is 39.6 Å². The fourth-order valence-electron chi connectivity index (χ4n) is 1.73. The summed E-state index contributed by atoms with van der Waals surface area (Å²) in [5, 5.41) is 17.7. The van der Waals surface area contributed by atoms with Gasteiger partial charge in [0.25, 0.3) is 10.0 Å². The van der Waals surface area contributed by atoms with Crippen LogP contribution in [0.2, 0.25) is 0 Å². The minimum atomic E-state index is -3.95. The van der Waals surface area contributed by atoms with E-state index in [9.17, 15) is 13.2 Å². The Balaban J connectivity index is 2.31. The summed E-state index contributed by atoms with van der Waals surface area (Å²) in [5.74, 6) is -1.79. The highest BCUT2D eigenvalue weighted by Gasteiger charge is 2.23. The molecule has 0 spiro atoms. The number of aryl methyl sites for hydroxylation is 1. The quantitative estimate of drug-likeness (QED) is 0.771. The molecule has 0 saturated carbocycles. The Morgan fingerprint density at radius 3 is 2.38 bits per heavy atom. The maximum Gasteiger partial charge on any atom is 0.371 e. The fourth-order valence-corrected chi connectivity index (χ4v) is 2.96. The highest BCUT2D eigenvalue weighted by Crippen LogP contribution is 2.23. The van der Waals surface area contributed by atoms with Gasteiger partial charge in [0.1, 0.15) is 10.7 Å². The molecule has 0 fully saturated rings. The summed E-state index contributed by atoms with van der Waals surface area (Å²) in [6, 6.07) is 7.10. The van der Waals surface area contributed by atoms with E-state index in [1.807, 2.05) is 0 Å². The van der Waals surface area contributed by atoms with Gasteiger partial charge >= 0.3 is 5.97 Å². The molecule has 0 aliphatic rings. The molecule has 3 N–H and O–H groups in total. The molecule has 0 amide bonds. The molecule has 0 atom stereocenters. The zero-order valence-electron chi connectivity index (χ0n) is 11.0. The smallest absolute Gasteiger partial charge is 0.371 e. The lowest BCUT2D eigenvalue weighted by molar-refractivity contribution is 0.0661. The van der Waals surface area contributed by atoms with Crippen molar-refractivity contribution in [2.24, 2.45) is 0 Å². The van der Waals surface area contributed by atoms with Gasteiger partial charge in [-0.2, -0.15) is 0 Å². The third-order valence-corrected chi connectivity index (χ3v) is 4.25. The van der Waals surface area contributed by atoms with Crippen molar-refractivity contribution < 1.29 is 27.8 Å². The van der Waals surface area contributed by atoms with Gasteiger partial charge in [-0.05, 0) is 24.6 Å². The molecule has 2 rings (SSSR count). The van der Waals surface area contributed by atoms with Crippen molar-refractivity contribution >= 4 is 21.7 Å². The van der Waals surface area contributed by atoms with Gasteiger partial charge in [0.15, 0.2) is 0 Å². The standard InChI is InChI=1S/C13H13NO6S/c1-8-12(6-11(20-8)13(16)17)21(18,19)14-10-4-2-9(7-15)3-5-10/h2-6,14-15H,7H2,1H3,(H,16,17). The van der Waals surface area contributed by atoms with Crippen molar-refractivity contribution in [3.63, 3.8) is 0 Å². The maximum absolute atomic E-state index is 12.2. The molecule has 112 valence electrons. The van der Waals surface area contributed by atoms with Crippen molar-refractivity contribution in [1.82, 2.24) is 0 Å². The number of anilines is 1. The lowest BCUT2D eigenvalue weighted by atomic mass is 10.2. The van der Waals surface area contributed by atoms with Crippen LogP contribution < -0.4 is 4.72 Å². The zero-order chi connectivity index (χ0) is 15.6. The molecule has 7 nitrogen and oxygen atoms in total. The highest BCUT2D eigenvalue weighted by molar-refractivity contribution is 7.92. The molecule has 0 bridgehead atoms. The Bertz CT molecular complexity index is 760. The van der Waals surface area contributed by atoms with Gasteiger partial charge in [0.05, 0.1) is 6.61 Å². The van der Waals surface area contributed by atoms with E-state index in [0.717, 1.165) is 6.07 Å². The minimum Gasteiger partial charge on any atom is -0.475 e. The lowest BCUT2D eigenvalue weighted by Crippen LogP contribution is -2.13. The summed E-state index contributed by atoms with van der Waals surface area (Å²) in [7, 11) is -3.95. The van der Waals surface area contributed by atoms with Gasteiger partial charge in [-0.1, -0.05) is 12.1 Å². The Kier molecular flexibility index (Phi) is 4.01. The molecule has 8 heteroatoms. The second-order valence-electron chi connectivity index (χ2n) is 4.30. The second-order valence-corrected chi connectivity index (χ2v) is 5.95. The van der Waals surface area contributed by atoms with Gasteiger partial charge in [-0.3, -0.25) is 4.72 Å². The number of carboxylic acid groups (broad SMARTS) is 1. The van der Waals surface area contributed by atoms with Crippen molar-refractivity contribution in [3.05, 3.63) is 47.4 Å². The predicted molar refractivity (Wildman–Crippen MR) is 73.6 cm³/mol. The number of carboxylic acids is 1. The fraction of sp³-hybridized carbons (Fsp3) is 0.154. The molecule has 2 aromatic rings. The van der Waals surface area contributed by atoms with E-state index in [-0.39, 0.29) is 17.3 Å². The molecular weight excluding hydrogens is 298 g/mol. The van der Waals surface area contributed by atoms with E-state index in [1.165, 1.54) is 19.1 Å². The molecule has 0 unspecified atom stereocenters. The van der Waals surface area contributed by atoms with Crippen molar-refractivity contribution in [3.8, 4) is 0 Å². The number of benzene rings is 1. The number of carbonyl (C=O) groups is 1. The van der Waals surface area contributed by atoms with E-state index in [4.69, 9.17) is 14.6 Å². The van der Waals surface area contributed by atoms with Gasteiger partial charge < -0.3 is 14.6 Å². The zero-order valence-corrected chi connectivity index (χ0v) is 11.8. The number of furan rings is 1. The van der Waals surface area contributed by atoms with E-state index < -0.39 is 21.8 Å². The first-order valence-corrected chi connectivity index (χ1v) is 7.38. The number of aromatic carboxylic acids is 1. The molecule has 0 aliphatic heterocycles. The molecule has 0 saturated heterocycles. The van der Waals surface area contributed by atoms with Crippen molar-refractivity contribution in [1.29, 1.82) is 0 Å². The Labute approximate surface area is 120 Å². The van der Waals surface area contributed by atoms with Gasteiger partial charge in [-0.25, -0.2) is 13.2 Å². The van der Waals surface area contributed by atoms with Crippen LogP contribution in [0.4, 0.5) is 5.69 Å². The Hall–Kier alpha value is -2.32. The first kappa shape index (κ1) is 15.1. The molecular formula is C13H13NO6S. The molecule has 1 aromatic carbocycles. The van der Waals surface area contributed by atoms with Crippen LogP contribution in [-0.2, 0) is 16.6 Å². The molecule has 1 heterocycles. The number of sulfonamides is 1. The van der Waals surface area contributed by atoms with E-state index in [0.29, 0.717) is 11.3 Å². The minimum absolute atomic E-state index is 0.00752. The number of rotatable bonds is 5. The molecule has 0 radical (unpaired) electrons. The molecule has 0 aliphatic carbocycles. The summed E-state index contributed by atoms with van der Waals surface area (Å²) in [6.07, 6.45) is 0. The van der Waals surface area contributed by atoms with Crippen molar-refractivity contribution in [2.75, 3.05) is 4.72 Å². The third kappa shape index (κ3) is 3.23. The maximum atomic E-state index is 12.2. The monoisotopic (exact) mass is 311 g/mol. The van der Waals surface area contributed by atoms with Crippen molar-refractivity contribution in [2.45, 2.75) is 18.4 Å². The predicted octanol–water partition coefficient (Wildman–Crippen LogP) is 1.58. The van der Waals surface area contributed by atoms with Crippen LogP contribution in [-0.4, -0.2) is 24.6 Å². The van der Waals surface area contributed by atoms with E-state index in [2.05, 4.69) is 4.72 Å². The average molecular weight is 311 g/mol. The van der Waals surface area contributed by atoms with Crippen LogP contribution in [0.25, 0.3) is 0 Å². The number of aliphatic hydroxyl groups excluding tert-OH is 1. The lowest BCUT2D eigenvalue weighted by Gasteiger charge is -2.07. The van der Waals surface area contributed by atoms with Crippen LogP contribution in [0.5, 0.6) is 0 Å². The van der Waals surface area contributed by atoms with Gasteiger partial charge in [-0.15, -0.1) is 0 Å². The number of aliphatic hydroxyl groups is 1. The number of hydrogen-bond donors (Lipinski definition) is 3. The van der Waals surface area contributed by atoms with Crippen LogP contribution >= 0.6 is 0 Å². The molecule has 1 aromatic heterocycles. The highest BCUT2D eigenvalue weighted by atomic mass is 32.2. The second kappa shape index (κ2) is 5.58. The summed E-state index contributed by atoms with van der Waals surface area (Å²) in [4.78, 5) is 10.6. The van der Waals surface area contributed by atoms with Crippen LogP contribution in [0.1, 0.15) is 21.9 Å². The van der Waals surface area contributed by atoms with Gasteiger partial charge in [0.2, 0.25) is 5.76 Å². The summed E-state index contributed by atoms with van der Waals surface area (Å²) >= 11 is 0. The van der Waals surface area contributed by atoms with Crippen LogP contribution in [0, 0.1) is 6.92 Å². The third-order valence-electron chi connectivity index (χ3n) is 2.76. The number of hydrogen-bond acceptors (Lipinski definition) is 5. The Morgan fingerprint density at radius 2 is 1.90 bits per heavy atom.